The van der Waals surface area contributed by atoms with Crippen molar-refractivity contribution < 1.29 is 5.11 Å². The summed E-state index contributed by atoms with van der Waals surface area (Å²) < 4.78 is 0. The lowest BCUT2D eigenvalue weighted by Crippen LogP contribution is -2.45. The fourth-order valence-electron chi connectivity index (χ4n) is 4.25. The van der Waals surface area contributed by atoms with Gasteiger partial charge in [0.25, 0.3) is 0 Å². The van der Waals surface area contributed by atoms with Gasteiger partial charge in [0.1, 0.15) is 0 Å². The van der Waals surface area contributed by atoms with Gasteiger partial charge in [0.2, 0.25) is 0 Å². The van der Waals surface area contributed by atoms with Gasteiger partial charge in [0, 0.05) is 43.7 Å². The molecule has 4 heteroatoms. The van der Waals surface area contributed by atoms with E-state index in [9.17, 15) is 5.11 Å². The van der Waals surface area contributed by atoms with E-state index in [0.29, 0.717) is 0 Å². The molecule has 4 nitrogen and oxygen atoms in total. The molecule has 1 N–H and O–H groups in total. The van der Waals surface area contributed by atoms with Crippen molar-refractivity contribution in [3.05, 3.63) is 84.3 Å². The Morgan fingerprint density at radius 2 is 1.66 bits per heavy atom. The molecular weight excluding hydrogens is 358 g/mol. The lowest BCUT2D eigenvalue weighted by molar-refractivity contribution is -0.0207. The van der Waals surface area contributed by atoms with Crippen molar-refractivity contribution >= 4 is 0 Å². The van der Waals surface area contributed by atoms with Crippen LogP contribution in [0.1, 0.15) is 30.4 Å². The lowest BCUT2D eigenvalue weighted by Gasteiger charge is -2.38. The van der Waals surface area contributed by atoms with Crippen LogP contribution in [0.4, 0.5) is 0 Å². The minimum atomic E-state index is -0.560. The zero-order chi connectivity index (χ0) is 19.9. The summed E-state index contributed by atoms with van der Waals surface area (Å²) in [5.74, 6) is 0. The lowest BCUT2D eigenvalue weighted by atomic mass is 9.85. The summed E-state index contributed by atoms with van der Waals surface area (Å²) in [5, 5.41) is 11.0. The van der Waals surface area contributed by atoms with E-state index in [1.807, 2.05) is 55.0 Å². The van der Waals surface area contributed by atoms with Gasteiger partial charge in [-0.3, -0.25) is 9.97 Å². The Balaban J connectivity index is 1.28. The van der Waals surface area contributed by atoms with E-state index in [0.717, 1.165) is 63.0 Å². The van der Waals surface area contributed by atoms with Gasteiger partial charge in [-0.25, -0.2) is 0 Å². The number of aliphatic hydroxyl groups is 1. The molecule has 0 bridgehead atoms. The van der Waals surface area contributed by atoms with Crippen LogP contribution < -0.4 is 0 Å². The Bertz CT molecular complexity index is 890. The molecule has 1 aromatic carbocycles. The molecular formula is C25H29N3O. The number of aryl methyl sites for hydroxylation is 1. The summed E-state index contributed by atoms with van der Waals surface area (Å²) in [5.41, 5.74) is 4.14. The summed E-state index contributed by atoms with van der Waals surface area (Å²) in [7, 11) is 0. The third-order valence-electron chi connectivity index (χ3n) is 5.93. The van der Waals surface area contributed by atoms with Crippen LogP contribution in [0.2, 0.25) is 0 Å². The largest absolute Gasteiger partial charge is 0.389 e. The van der Waals surface area contributed by atoms with Crippen LogP contribution in [0.25, 0.3) is 11.3 Å². The normalized spacial score (nSPS) is 16.6. The molecule has 2 aromatic heterocycles. The van der Waals surface area contributed by atoms with Gasteiger partial charge < -0.3 is 10.0 Å². The molecule has 150 valence electrons. The van der Waals surface area contributed by atoms with E-state index in [-0.39, 0.29) is 0 Å². The molecule has 1 saturated heterocycles. The van der Waals surface area contributed by atoms with Crippen molar-refractivity contribution in [2.45, 2.75) is 37.7 Å². The molecule has 29 heavy (non-hydrogen) atoms. The molecule has 0 unspecified atom stereocenters. The number of aromatic nitrogens is 2. The first kappa shape index (κ1) is 19.7. The van der Waals surface area contributed by atoms with Gasteiger partial charge in [-0.05, 0) is 61.6 Å². The number of nitrogens with zero attached hydrogens (tertiary/aromatic N) is 3. The molecule has 0 radical (unpaired) electrons. The third-order valence-corrected chi connectivity index (χ3v) is 5.93. The molecule has 0 amide bonds. The summed E-state index contributed by atoms with van der Waals surface area (Å²) in [6.45, 7) is 2.99. The molecule has 1 aliphatic rings. The van der Waals surface area contributed by atoms with Gasteiger partial charge in [-0.2, -0.15) is 0 Å². The van der Waals surface area contributed by atoms with Gasteiger partial charge in [0.05, 0.1) is 11.3 Å². The fourth-order valence-corrected chi connectivity index (χ4v) is 4.25. The first-order chi connectivity index (χ1) is 14.2. The van der Waals surface area contributed by atoms with Crippen LogP contribution in [0, 0.1) is 0 Å². The second kappa shape index (κ2) is 9.29. The summed E-state index contributed by atoms with van der Waals surface area (Å²) >= 11 is 0. The Morgan fingerprint density at radius 3 is 2.41 bits per heavy atom. The maximum atomic E-state index is 11.0. The number of pyridine rings is 2. The molecule has 0 aliphatic carbocycles. The smallest absolute Gasteiger partial charge is 0.0735 e. The van der Waals surface area contributed by atoms with Crippen LogP contribution in [0.3, 0.4) is 0 Å². The third kappa shape index (κ3) is 5.28. The van der Waals surface area contributed by atoms with Crippen LogP contribution in [0.15, 0.2) is 73.2 Å². The van der Waals surface area contributed by atoms with E-state index in [2.05, 4.69) is 33.1 Å². The highest BCUT2D eigenvalue weighted by Crippen LogP contribution is 2.27. The van der Waals surface area contributed by atoms with Crippen molar-refractivity contribution in [2.75, 3.05) is 19.6 Å². The Kier molecular flexibility index (Phi) is 6.33. The number of hydrogen-bond donors (Lipinski definition) is 1. The average molecular weight is 388 g/mol. The van der Waals surface area contributed by atoms with Crippen molar-refractivity contribution in [2.24, 2.45) is 0 Å². The fraction of sp³-hybridized carbons (Fsp3) is 0.360. The highest BCUT2D eigenvalue weighted by atomic mass is 16.3. The number of hydrogen-bond acceptors (Lipinski definition) is 4. The average Bonchev–Trinajstić information content (AvgIpc) is 2.77. The predicted octanol–water partition coefficient (Wildman–Crippen LogP) is 4.15. The Hall–Kier alpha value is -2.56. The Labute approximate surface area is 173 Å². The quantitative estimate of drug-likeness (QED) is 0.662. The van der Waals surface area contributed by atoms with Crippen LogP contribution in [0.5, 0.6) is 0 Å². The zero-order valence-electron chi connectivity index (χ0n) is 16.9. The van der Waals surface area contributed by atoms with E-state index < -0.39 is 5.60 Å². The Morgan fingerprint density at radius 1 is 0.897 bits per heavy atom. The molecule has 3 aromatic rings. The van der Waals surface area contributed by atoms with Gasteiger partial charge >= 0.3 is 0 Å². The van der Waals surface area contributed by atoms with Crippen LogP contribution in [-0.4, -0.2) is 45.2 Å². The number of likely N-dealkylation sites (tertiary alicyclic amines) is 1. The van der Waals surface area contributed by atoms with Gasteiger partial charge in [-0.1, -0.05) is 36.4 Å². The number of benzene rings is 1. The molecule has 3 heterocycles. The monoisotopic (exact) mass is 387 g/mol. The predicted molar refractivity (Wildman–Crippen MR) is 117 cm³/mol. The minimum Gasteiger partial charge on any atom is -0.389 e. The van der Waals surface area contributed by atoms with Crippen LogP contribution >= 0.6 is 0 Å². The molecule has 0 spiro atoms. The number of piperidine rings is 1. The minimum absolute atomic E-state index is 0.560. The first-order valence-electron chi connectivity index (χ1n) is 10.5. The second-order valence-electron chi connectivity index (χ2n) is 8.08. The standard InChI is InChI=1S/C25H29N3O/c29-25(20-21-6-2-1-3-7-21)12-18-28(19-13-25)17-5-9-22-8-4-14-27-24(22)23-10-15-26-16-11-23/h1-4,6-8,10-11,14-16,29H,5,9,12-13,17-20H2. The summed E-state index contributed by atoms with van der Waals surface area (Å²) in [6.07, 6.45) is 10.0. The van der Waals surface area contributed by atoms with E-state index in [4.69, 9.17) is 0 Å². The van der Waals surface area contributed by atoms with Gasteiger partial charge in [-0.15, -0.1) is 0 Å². The summed E-state index contributed by atoms with van der Waals surface area (Å²) in [4.78, 5) is 11.2. The second-order valence-corrected chi connectivity index (χ2v) is 8.08. The van der Waals surface area contributed by atoms with Crippen molar-refractivity contribution in [3.63, 3.8) is 0 Å². The highest BCUT2D eigenvalue weighted by molar-refractivity contribution is 5.62. The summed E-state index contributed by atoms with van der Waals surface area (Å²) in [6, 6.07) is 18.6. The van der Waals surface area contributed by atoms with Crippen LogP contribution in [-0.2, 0) is 12.8 Å². The molecule has 0 atom stereocenters. The maximum Gasteiger partial charge on any atom is 0.0735 e. The van der Waals surface area contributed by atoms with Crippen molar-refractivity contribution in [1.29, 1.82) is 0 Å². The van der Waals surface area contributed by atoms with E-state index in [1.54, 1.807) is 0 Å². The van der Waals surface area contributed by atoms with E-state index >= 15 is 0 Å². The highest BCUT2D eigenvalue weighted by Gasteiger charge is 2.32. The molecule has 0 saturated carbocycles. The maximum absolute atomic E-state index is 11.0. The molecule has 4 rings (SSSR count). The van der Waals surface area contributed by atoms with Crippen molar-refractivity contribution in [1.82, 2.24) is 14.9 Å². The molecule has 1 fully saturated rings. The topological polar surface area (TPSA) is 49.2 Å². The van der Waals surface area contributed by atoms with E-state index in [1.165, 1.54) is 11.1 Å². The SMILES string of the molecule is OC1(Cc2ccccc2)CCN(CCCc2cccnc2-c2ccncc2)CC1. The number of rotatable bonds is 7. The molecule has 1 aliphatic heterocycles. The zero-order valence-corrected chi connectivity index (χ0v) is 16.9. The van der Waals surface area contributed by atoms with Gasteiger partial charge in [0.15, 0.2) is 0 Å². The first-order valence-corrected chi connectivity index (χ1v) is 10.5. The van der Waals surface area contributed by atoms with Crippen molar-refractivity contribution in [3.8, 4) is 11.3 Å².